The number of fused-ring (bicyclic) bond motifs is 19. The first-order chi connectivity index (χ1) is 34.2. The number of rotatable bonds is 5. The molecule has 3 nitrogen and oxygen atoms in total. The monoisotopic (exact) mass is 878 g/mol. The maximum absolute atomic E-state index is 7.36. The average Bonchev–Trinajstić information content (AvgIpc) is 4.14. The Morgan fingerprint density at radius 2 is 1.04 bits per heavy atom. The van der Waals surface area contributed by atoms with E-state index in [1.54, 1.807) is 0 Å². The number of aromatic nitrogens is 1. The van der Waals surface area contributed by atoms with Crippen LogP contribution in [0.3, 0.4) is 0 Å². The van der Waals surface area contributed by atoms with Gasteiger partial charge in [-0.2, -0.15) is 0 Å². The lowest BCUT2D eigenvalue weighted by Crippen LogP contribution is -2.26. The Bertz CT molecular complexity index is 4230. The molecule has 0 radical (unpaired) electrons. The molecule has 2 aromatic heterocycles. The van der Waals surface area contributed by atoms with E-state index in [1.165, 1.54) is 88.3 Å². The van der Waals surface area contributed by atoms with Crippen molar-refractivity contribution in [3.05, 3.63) is 264 Å². The van der Waals surface area contributed by atoms with Crippen molar-refractivity contribution in [1.29, 1.82) is 0 Å². The number of benzene rings is 11. The normalized spacial score (nSPS) is 13.1. The van der Waals surface area contributed by atoms with Crippen molar-refractivity contribution in [3.8, 4) is 39.1 Å². The van der Waals surface area contributed by atoms with Gasteiger partial charge in [-0.1, -0.05) is 176 Å². The zero-order valence-electron chi connectivity index (χ0n) is 37.8. The molecule has 69 heavy (non-hydrogen) atoms. The molecule has 0 saturated heterocycles. The number of anilines is 3. The highest BCUT2D eigenvalue weighted by molar-refractivity contribution is 6.23. The fourth-order valence-corrected chi connectivity index (χ4v) is 12.5. The van der Waals surface area contributed by atoms with E-state index >= 15 is 0 Å². The fraction of sp³-hybridized carbons (Fsp3) is 0.0303. The summed E-state index contributed by atoms with van der Waals surface area (Å²) >= 11 is 0. The number of nitrogens with zero attached hydrogens (tertiary/aromatic N) is 2. The summed E-state index contributed by atoms with van der Waals surface area (Å²) in [5.41, 5.74) is 21.5. The van der Waals surface area contributed by atoms with Crippen LogP contribution in [-0.4, -0.2) is 4.57 Å². The minimum Gasteiger partial charge on any atom is -0.454 e. The summed E-state index contributed by atoms with van der Waals surface area (Å²) < 4.78 is 9.76. The van der Waals surface area contributed by atoms with Crippen LogP contribution in [0.2, 0.25) is 0 Å². The molecular formula is C66H42N2O. The molecule has 15 rings (SSSR count). The smallest absolute Gasteiger partial charge is 0.160 e. The van der Waals surface area contributed by atoms with E-state index in [4.69, 9.17) is 4.42 Å². The molecule has 0 amide bonds. The molecule has 0 fully saturated rings. The van der Waals surface area contributed by atoms with Crippen LogP contribution in [0.5, 0.6) is 0 Å². The van der Waals surface area contributed by atoms with Gasteiger partial charge in [0.25, 0.3) is 0 Å². The van der Waals surface area contributed by atoms with Gasteiger partial charge >= 0.3 is 0 Å². The van der Waals surface area contributed by atoms with Gasteiger partial charge in [0.15, 0.2) is 5.58 Å². The van der Waals surface area contributed by atoms with Crippen molar-refractivity contribution in [2.24, 2.45) is 0 Å². The second-order valence-corrected chi connectivity index (χ2v) is 18.8. The van der Waals surface area contributed by atoms with Crippen LogP contribution in [0.25, 0.3) is 93.6 Å². The average molecular weight is 879 g/mol. The molecule has 1 spiro atoms. The molecule has 0 atom stereocenters. The third kappa shape index (κ3) is 5.16. The Morgan fingerprint density at radius 1 is 0.420 bits per heavy atom. The van der Waals surface area contributed by atoms with Crippen molar-refractivity contribution in [2.45, 2.75) is 12.3 Å². The zero-order chi connectivity index (χ0) is 45.4. The molecule has 2 aliphatic carbocycles. The molecule has 322 valence electrons. The number of hydrogen-bond donors (Lipinski definition) is 0. The van der Waals surface area contributed by atoms with E-state index in [0.29, 0.717) is 0 Å². The Hall–Kier alpha value is -8.92. The Kier molecular flexibility index (Phi) is 7.92. The second kappa shape index (κ2) is 14.3. The first-order valence-corrected chi connectivity index (χ1v) is 23.9. The van der Waals surface area contributed by atoms with Crippen LogP contribution in [0.15, 0.2) is 241 Å². The fourth-order valence-electron chi connectivity index (χ4n) is 12.5. The molecular weight excluding hydrogens is 837 g/mol. The van der Waals surface area contributed by atoms with Gasteiger partial charge in [0, 0.05) is 38.6 Å². The quantitative estimate of drug-likeness (QED) is 0.172. The summed E-state index contributed by atoms with van der Waals surface area (Å²) in [6.07, 6.45) is 0. The topological polar surface area (TPSA) is 21.3 Å². The number of para-hydroxylation sites is 3. The lowest BCUT2D eigenvalue weighted by Gasteiger charge is -2.32. The van der Waals surface area contributed by atoms with Crippen molar-refractivity contribution < 1.29 is 4.42 Å². The molecule has 3 heteroatoms. The van der Waals surface area contributed by atoms with Crippen molar-refractivity contribution in [2.75, 3.05) is 4.90 Å². The molecule has 0 aliphatic heterocycles. The number of aryl methyl sites for hydroxylation is 1. The van der Waals surface area contributed by atoms with Gasteiger partial charge in [0.1, 0.15) is 5.58 Å². The largest absolute Gasteiger partial charge is 0.454 e. The van der Waals surface area contributed by atoms with E-state index in [1.807, 2.05) is 0 Å². The number of hydrogen-bond acceptors (Lipinski definition) is 2. The van der Waals surface area contributed by atoms with Crippen LogP contribution in [0, 0.1) is 6.92 Å². The Labute approximate surface area is 399 Å². The van der Waals surface area contributed by atoms with Gasteiger partial charge in [0.2, 0.25) is 0 Å². The van der Waals surface area contributed by atoms with Gasteiger partial charge in [-0.25, -0.2) is 0 Å². The number of furan rings is 1. The highest BCUT2D eigenvalue weighted by Crippen LogP contribution is 2.66. The van der Waals surface area contributed by atoms with E-state index in [2.05, 4.69) is 253 Å². The first-order valence-electron chi connectivity index (χ1n) is 23.9. The summed E-state index contributed by atoms with van der Waals surface area (Å²) in [6.45, 7) is 2.22. The molecule has 11 aromatic carbocycles. The Morgan fingerprint density at radius 3 is 1.84 bits per heavy atom. The SMILES string of the molecule is Cc1ccc(N(c2ccc3c(c2)c2ccccc2n3-c2ccccc2)c2cc3c(c4c2oc2ccccc24)-c2c(ccc4ccccc24)C32c3ccccc3-c3ccccc32)cc1-c1ccccc1. The van der Waals surface area contributed by atoms with Gasteiger partial charge in [0.05, 0.1) is 22.1 Å². The standard InChI is InChI=1S/C66H42N2O/c1-41-32-34-45(38-52(41)42-18-4-2-5-19-42)67(46-35-37-59-53(39-46)50-26-12-16-30-58(50)68(59)44-21-6-3-7-22-44)60-40-57-64(63-51-27-13-17-31-61(51)69-65(60)63)62-47-23-9-8-20-43(47)33-36-56(62)66(57)54-28-14-10-24-48(54)49-25-11-15-29-55(49)66/h2-40H,1H3. The Balaban J connectivity index is 1.11. The van der Waals surface area contributed by atoms with Crippen LogP contribution in [0.4, 0.5) is 17.1 Å². The molecule has 0 saturated carbocycles. The highest BCUT2D eigenvalue weighted by Gasteiger charge is 2.53. The predicted molar refractivity (Wildman–Crippen MR) is 287 cm³/mol. The summed E-state index contributed by atoms with van der Waals surface area (Å²) in [4.78, 5) is 2.48. The van der Waals surface area contributed by atoms with Gasteiger partial charge in [-0.3, -0.25) is 0 Å². The van der Waals surface area contributed by atoms with Gasteiger partial charge in [-0.05, 0) is 140 Å². The lowest BCUT2D eigenvalue weighted by atomic mass is 9.70. The highest BCUT2D eigenvalue weighted by atomic mass is 16.3. The zero-order valence-corrected chi connectivity index (χ0v) is 37.8. The molecule has 0 unspecified atom stereocenters. The maximum Gasteiger partial charge on any atom is 0.160 e. The van der Waals surface area contributed by atoms with E-state index < -0.39 is 5.41 Å². The lowest BCUT2D eigenvalue weighted by molar-refractivity contribution is 0.668. The summed E-state index contributed by atoms with van der Waals surface area (Å²) in [5, 5.41) is 7.10. The van der Waals surface area contributed by atoms with Crippen molar-refractivity contribution in [1.82, 2.24) is 4.57 Å². The summed E-state index contributed by atoms with van der Waals surface area (Å²) in [6, 6.07) is 87.3. The van der Waals surface area contributed by atoms with E-state index in [-0.39, 0.29) is 0 Å². The predicted octanol–water partition coefficient (Wildman–Crippen LogP) is 17.6. The van der Waals surface area contributed by atoms with Crippen LogP contribution >= 0.6 is 0 Å². The van der Waals surface area contributed by atoms with Crippen LogP contribution in [-0.2, 0) is 5.41 Å². The molecule has 2 heterocycles. The molecule has 13 aromatic rings. The molecule has 0 N–H and O–H groups in total. The third-order valence-corrected chi connectivity index (χ3v) is 15.3. The van der Waals surface area contributed by atoms with Gasteiger partial charge < -0.3 is 13.9 Å². The minimum atomic E-state index is -0.607. The molecule has 0 bridgehead atoms. The minimum absolute atomic E-state index is 0.607. The second-order valence-electron chi connectivity index (χ2n) is 18.8. The third-order valence-electron chi connectivity index (χ3n) is 15.3. The summed E-state index contributed by atoms with van der Waals surface area (Å²) in [7, 11) is 0. The van der Waals surface area contributed by atoms with Crippen molar-refractivity contribution in [3.63, 3.8) is 0 Å². The van der Waals surface area contributed by atoms with Crippen molar-refractivity contribution >= 4 is 71.6 Å². The molecule has 2 aliphatic rings. The first kappa shape index (κ1) is 38.2. The van der Waals surface area contributed by atoms with Crippen LogP contribution in [0.1, 0.15) is 27.8 Å². The van der Waals surface area contributed by atoms with Gasteiger partial charge in [-0.15, -0.1) is 0 Å². The van der Waals surface area contributed by atoms with E-state index in [9.17, 15) is 0 Å². The van der Waals surface area contributed by atoms with Crippen LogP contribution < -0.4 is 4.90 Å². The maximum atomic E-state index is 7.36. The summed E-state index contributed by atoms with van der Waals surface area (Å²) in [5.74, 6) is 0. The van der Waals surface area contributed by atoms with E-state index in [0.717, 1.165) is 50.2 Å².